The molecule has 1 saturated heterocycles. The van der Waals surface area contributed by atoms with Crippen molar-refractivity contribution in [1.82, 2.24) is 9.80 Å². The fourth-order valence-corrected chi connectivity index (χ4v) is 3.36. The molecule has 0 saturated carbocycles. The van der Waals surface area contributed by atoms with E-state index < -0.39 is 0 Å². The van der Waals surface area contributed by atoms with Gasteiger partial charge in [-0.3, -0.25) is 4.90 Å². The molecule has 3 rings (SSSR count). The third-order valence-electron chi connectivity index (χ3n) is 4.61. The van der Waals surface area contributed by atoms with E-state index in [1.54, 1.807) is 0 Å². The fourth-order valence-electron chi connectivity index (χ4n) is 3.36. The predicted molar refractivity (Wildman–Crippen MR) is 84.6 cm³/mol. The van der Waals surface area contributed by atoms with Gasteiger partial charge in [0.1, 0.15) is 0 Å². The first-order valence-electron chi connectivity index (χ1n) is 8.04. The number of hydrogen-bond donors (Lipinski definition) is 0. The van der Waals surface area contributed by atoms with Gasteiger partial charge in [-0.2, -0.15) is 0 Å². The van der Waals surface area contributed by atoms with Gasteiger partial charge in [0.15, 0.2) is 0 Å². The zero-order chi connectivity index (χ0) is 13.6. The highest BCUT2D eigenvalue weighted by molar-refractivity contribution is 5.14. The van der Waals surface area contributed by atoms with E-state index >= 15 is 0 Å². The van der Waals surface area contributed by atoms with Gasteiger partial charge < -0.3 is 4.90 Å². The molecule has 0 radical (unpaired) electrons. The molecule has 2 heteroatoms. The number of hydrogen-bond acceptors (Lipinski definition) is 2. The second-order valence-corrected chi connectivity index (χ2v) is 6.21. The van der Waals surface area contributed by atoms with Gasteiger partial charge in [-0.25, -0.2) is 0 Å². The lowest BCUT2D eigenvalue weighted by Crippen LogP contribution is -2.47. The molecule has 1 heterocycles. The third-order valence-corrected chi connectivity index (χ3v) is 4.61. The van der Waals surface area contributed by atoms with Crippen molar-refractivity contribution in [3.05, 3.63) is 48.0 Å². The van der Waals surface area contributed by atoms with Crippen LogP contribution in [0.4, 0.5) is 0 Å². The van der Waals surface area contributed by atoms with Crippen LogP contribution in [0.15, 0.2) is 42.5 Å². The molecule has 2 nitrogen and oxygen atoms in total. The van der Waals surface area contributed by atoms with Gasteiger partial charge >= 0.3 is 0 Å². The van der Waals surface area contributed by atoms with Crippen LogP contribution in [0, 0.1) is 5.92 Å². The molecule has 2 aliphatic rings. The number of allylic oxidation sites excluding steroid dienone is 2. The Labute approximate surface area is 123 Å². The van der Waals surface area contributed by atoms with Gasteiger partial charge in [-0.05, 0) is 30.7 Å². The molecule has 108 valence electrons. The van der Waals surface area contributed by atoms with Crippen molar-refractivity contribution in [2.24, 2.45) is 5.92 Å². The van der Waals surface area contributed by atoms with Crippen LogP contribution in [0.25, 0.3) is 0 Å². The van der Waals surface area contributed by atoms with Gasteiger partial charge in [0.2, 0.25) is 0 Å². The summed E-state index contributed by atoms with van der Waals surface area (Å²) in [5, 5.41) is 0. The minimum Gasteiger partial charge on any atom is -0.301 e. The summed E-state index contributed by atoms with van der Waals surface area (Å²) in [6.45, 7) is 7.35. The van der Waals surface area contributed by atoms with Crippen molar-refractivity contribution in [1.29, 1.82) is 0 Å². The maximum absolute atomic E-state index is 2.67. The normalized spacial score (nSPS) is 24.9. The summed E-state index contributed by atoms with van der Waals surface area (Å²) in [6.07, 6.45) is 8.69. The Morgan fingerprint density at radius 1 is 0.900 bits per heavy atom. The topological polar surface area (TPSA) is 6.48 Å². The summed E-state index contributed by atoms with van der Waals surface area (Å²) in [5.41, 5.74) is 1.44. The molecule has 1 fully saturated rings. The van der Waals surface area contributed by atoms with E-state index in [4.69, 9.17) is 0 Å². The zero-order valence-corrected chi connectivity index (χ0v) is 12.4. The van der Waals surface area contributed by atoms with E-state index in [2.05, 4.69) is 52.3 Å². The highest BCUT2D eigenvalue weighted by Gasteiger charge is 2.20. The highest BCUT2D eigenvalue weighted by Crippen LogP contribution is 2.20. The van der Waals surface area contributed by atoms with Gasteiger partial charge in [0.05, 0.1) is 0 Å². The second kappa shape index (κ2) is 7.05. The number of nitrogens with zero attached hydrogens (tertiary/aromatic N) is 2. The molecule has 0 aromatic heterocycles. The molecule has 1 unspecified atom stereocenters. The molecule has 0 amide bonds. The van der Waals surface area contributed by atoms with Crippen molar-refractivity contribution in [2.45, 2.75) is 25.8 Å². The minimum atomic E-state index is 0.903. The van der Waals surface area contributed by atoms with Crippen molar-refractivity contribution >= 4 is 0 Å². The summed E-state index contributed by atoms with van der Waals surface area (Å²) in [6, 6.07) is 10.9. The average molecular weight is 270 g/mol. The largest absolute Gasteiger partial charge is 0.301 e. The lowest BCUT2D eigenvalue weighted by atomic mass is 9.94. The number of benzene rings is 1. The highest BCUT2D eigenvalue weighted by atomic mass is 15.3. The Bertz CT molecular complexity index is 418. The summed E-state index contributed by atoms with van der Waals surface area (Å²) in [7, 11) is 0. The monoisotopic (exact) mass is 270 g/mol. The zero-order valence-electron chi connectivity index (χ0n) is 12.4. The molecule has 1 aromatic carbocycles. The number of piperazine rings is 1. The van der Waals surface area contributed by atoms with Crippen LogP contribution in [0.5, 0.6) is 0 Å². The molecular weight excluding hydrogens is 244 g/mol. The summed E-state index contributed by atoms with van der Waals surface area (Å²) < 4.78 is 0. The first-order chi connectivity index (χ1) is 9.90. The Hall–Kier alpha value is -1.12. The molecule has 20 heavy (non-hydrogen) atoms. The van der Waals surface area contributed by atoms with Gasteiger partial charge in [-0.1, -0.05) is 42.5 Å². The van der Waals surface area contributed by atoms with E-state index in [1.807, 2.05) is 0 Å². The second-order valence-electron chi connectivity index (χ2n) is 6.21. The summed E-state index contributed by atoms with van der Waals surface area (Å²) >= 11 is 0. The standard InChI is InChI=1S/C18H26N2/c1-3-7-17(8-4-1)15-19-11-13-20(14-12-19)16-18-9-5-2-6-10-18/h1-5,7-8,18H,6,9-16H2. The van der Waals surface area contributed by atoms with E-state index in [1.165, 1.54) is 57.5 Å². The molecule has 0 spiro atoms. The van der Waals surface area contributed by atoms with Crippen LogP contribution in [-0.4, -0.2) is 42.5 Å². The molecule has 1 aliphatic heterocycles. The number of rotatable bonds is 4. The predicted octanol–water partition coefficient (Wildman–Crippen LogP) is 3.16. The van der Waals surface area contributed by atoms with Crippen LogP contribution < -0.4 is 0 Å². The van der Waals surface area contributed by atoms with E-state index in [0.29, 0.717) is 0 Å². The molecule has 1 aliphatic carbocycles. The Kier molecular flexibility index (Phi) is 4.88. The maximum Gasteiger partial charge on any atom is 0.0234 e. The SMILES string of the molecule is C1=CCC(CN2CCN(Cc3ccccc3)CC2)CC1. The molecule has 0 N–H and O–H groups in total. The Balaban J connectivity index is 1.41. The average Bonchev–Trinajstić information content (AvgIpc) is 2.51. The molecule has 0 bridgehead atoms. The fraction of sp³-hybridized carbons (Fsp3) is 0.556. The van der Waals surface area contributed by atoms with E-state index in [9.17, 15) is 0 Å². The van der Waals surface area contributed by atoms with Crippen LogP contribution in [0.2, 0.25) is 0 Å². The lowest BCUT2D eigenvalue weighted by molar-refractivity contribution is 0.111. The van der Waals surface area contributed by atoms with Crippen LogP contribution >= 0.6 is 0 Å². The summed E-state index contributed by atoms with van der Waals surface area (Å²) in [5.74, 6) is 0.903. The van der Waals surface area contributed by atoms with Crippen LogP contribution in [-0.2, 0) is 6.54 Å². The van der Waals surface area contributed by atoms with Crippen molar-refractivity contribution in [2.75, 3.05) is 32.7 Å². The smallest absolute Gasteiger partial charge is 0.0234 e. The van der Waals surface area contributed by atoms with E-state index in [0.717, 1.165) is 12.5 Å². The van der Waals surface area contributed by atoms with Crippen LogP contribution in [0.1, 0.15) is 24.8 Å². The van der Waals surface area contributed by atoms with Gasteiger partial charge in [0, 0.05) is 39.3 Å². The lowest BCUT2D eigenvalue weighted by Gasteiger charge is -2.36. The molecule has 1 aromatic rings. The van der Waals surface area contributed by atoms with Gasteiger partial charge in [0.25, 0.3) is 0 Å². The van der Waals surface area contributed by atoms with Crippen molar-refractivity contribution in [3.63, 3.8) is 0 Å². The van der Waals surface area contributed by atoms with Crippen molar-refractivity contribution in [3.8, 4) is 0 Å². The minimum absolute atomic E-state index is 0.903. The summed E-state index contributed by atoms with van der Waals surface area (Å²) in [4.78, 5) is 5.26. The van der Waals surface area contributed by atoms with E-state index in [-0.39, 0.29) is 0 Å². The third kappa shape index (κ3) is 3.94. The maximum atomic E-state index is 2.67. The Morgan fingerprint density at radius 3 is 2.35 bits per heavy atom. The molecular formula is C18H26N2. The van der Waals surface area contributed by atoms with Crippen LogP contribution in [0.3, 0.4) is 0 Å². The first kappa shape index (κ1) is 13.8. The van der Waals surface area contributed by atoms with Crippen molar-refractivity contribution < 1.29 is 0 Å². The molecule has 1 atom stereocenters. The quantitative estimate of drug-likeness (QED) is 0.775. The Morgan fingerprint density at radius 2 is 1.65 bits per heavy atom. The van der Waals surface area contributed by atoms with Gasteiger partial charge in [-0.15, -0.1) is 0 Å². The first-order valence-corrected chi connectivity index (χ1v) is 8.04.